The first-order chi connectivity index (χ1) is 12.2. The van der Waals surface area contributed by atoms with E-state index in [1.807, 2.05) is 18.2 Å². The Hall–Kier alpha value is -2.79. The molecule has 0 aliphatic carbocycles. The molecule has 0 radical (unpaired) electrons. The number of likely N-dealkylation sites (tertiary alicyclic amines) is 1. The van der Waals surface area contributed by atoms with Crippen molar-refractivity contribution in [1.29, 1.82) is 0 Å². The first-order valence-corrected chi connectivity index (χ1v) is 8.53. The smallest absolute Gasteiger partial charge is 0.348 e. The van der Waals surface area contributed by atoms with Crippen LogP contribution >= 0.6 is 0 Å². The van der Waals surface area contributed by atoms with E-state index < -0.39 is 5.63 Å². The largest absolute Gasteiger partial charge is 0.508 e. The summed E-state index contributed by atoms with van der Waals surface area (Å²) in [5.74, 6) is 0.189. The van der Waals surface area contributed by atoms with E-state index in [1.54, 1.807) is 18.2 Å². The molecule has 5 heteroatoms. The molecule has 5 nitrogen and oxygen atoms in total. The second kappa shape index (κ2) is 5.36. The molecule has 5 rings (SSSR count). The molecule has 1 aliphatic heterocycles. The highest BCUT2D eigenvalue weighted by Crippen LogP contribution is 2.37. The Bertz CT molecular complexity index is 1170. The van der Waals surface area contributed by atoms with E-state index in [2.05, 4.69) is 4.90 Å². The van der Waals surface area contributed by atoms with Crippen LogP contribution in [0, 0.1) is 0 Å². The first kappa shape index (κ1) is 14.5. The van der Waals surface area contributed by atoms with Crippen molar-refractivity contribution >= 4 is 32.9 Å². The van der Waals surface area contributed by atoms with Gasteiger partial charge in [-0.3, -0.25) is 4.90 Å². The van der Waals surface area contributed by atoms with Crippen molar-refractivity contribution in [3.63, 3.8) is 0 Å². The van der Waals surface area contributed by atoms with Gasteiger partial charge in [0, 0.05) is 17.5 Å². The Labute approximate surface area is 143 Å². The molecule has 2 aromatic carbocycles. The molecule has 0 spiro atoms. The van der Waals surface area contributed by atoms with E-state index in [0.717, 1.165) is 36.9 Å². The third-order valence-electron chi connectivity index (χ3n) is 5.06. The molecule has 1 aliphatic rings. The molecule has 126 valence electrons. The standard InChI is InChI=1S/C20H17NO4/c22-14-7-8-16-17(13(14)11-21-9-3-4-10-21)18-19(24-16)12-5-1-2-6-15(12)25-20(18)23/h1-2,5-8,22H,3-4,9-11H2. The van der Waals surface area contributed by atoms with Gasteiger partial charge in [-0.1, -0.05) is 12.1 Å². The maximum absolute atomic E-state index is 12.6. The first-order valence-electron chi connectivity index (χ1n) is 8.53. The van der Waals surface area contributed by atoms with Gasteiger partial charge in [0.15, 0.2) is 5.58 Å². The van der Waals surface area contributed by atoms with Crippen LogP contribution in [0.5, 0.6) is 5.75 Å². The van der Waals surface area contributed by atoms with Crippen LogP contribution in [0.25, 0.3) is 32.9 Å². The lowest BCUT2D eigenvalue weighted by Gasteiger charge is -2.16. The van der Waals surface area contributed by atoms with Gasteiger partial charge >= 0.3 is 5.63 Å². The SMILES string of the molecule is O=c1oc2ccccc2c2oc3ccc(O)c(CN4CCCC4)c3c12. The van der Waals surface area contributed by atoms with E-state index >= 15 is 0 Å². The van der Waals surface area contributed by atoms with Gasteiger partial charge < -0.3 is 13.9 Å². The van der Waals surface area contributed by atoms with Crippen LogP contribution in [0.2, 0.25) is 0 Å². The monoisotopic (exact) mass is 335 g/mol. The van der Waals surface area contributed by atoms with Gasteiger partial charge in [0.05, 0.1) is 5.39 Å². The third-order valence-corrected chi connectivity index (χ3v) is 5.06. The van der Waals surface area contributed by atoms with E-state index in [9.17, 15) is 9.90 Å². The zero-order valence-electron chi connectivity index (χ0n) is 13.6. The number of benzene rings is 2. The molecular formula is C20H17NO4. The Morgan fingerprint density at radius 1 is 0.960 bits per heavy atom. The minimum Gasteiger partial charge on any atom is -0.508 e. The molecule has 4 aromatic rings. The van der Waals surface area contributed by atoms with Gasteiger partial charge in [0.1, 0.15) is 22.3 Å². The summed E-state index contributed by atoms with van der Waals surface area (Å²) >= 11 is 0. The summed E-state index contributed by atoms with van der Waals surface area (Å²) in [6.45, 7) is 2.61. The zero-order chi connectivity index (χ0) is 17.0. The Balaban J connectivity index is 1.88. The van der Waals surface area contributed by atoms with Crippen LogP contribution in [0.15, 0.2) is 50.0 Å². The van der Waals surface area contributed by atoms with Crippen LogP contribution < -0.4 is 5.63 Å². The number of phenols is 1. The van der Waals surface area contributed by atoms with Crippen molar-refractivity contribution in [3.05, 3.63) is 52.4 Å². The second-order valence-electron chi connectivity index (χ2n) is 6.61. The van der Waals surface area contributed by atoms with E-state index in [0.29, 0.717) is 34.1 Å². The quantitative estimate of drug-likeness (QED) is 0.561. The minimum atomic E-state index is -0.430. The van der Waals surface area contributed by atoms with Crippen LogP contribution in [-0.4, -0.2) is 23.1 Å². The fraction of sp³-hybridized carbons (Fsp3) is 0.250. The highest BCUT2D eigenvalue weighted by molar-refractivity contribution is 6.14. The Morgan fingerprint density at radius 2 is 1.76 bits per heavy atom. The van der Waals surface area contributed by atoms with Crippen LogP contribution in [0.4, 0.5) is 0 Å². The van der Waals surface area contributed by atoms with Crippen molar-refractivity contribution in [2.75, 3.05) is 13.1 Å². The molecule has 3 heterocycles. The normalized spacial score (nSPS) is 15.7. The summed E-state index contributed by atoms with van der Waals surface area (Å²) in [6, 6.07) is 10.7. The molecule has 0 amide bonds. The van der Waals surface area contributed by atoms with E-state index in [1.165, 1.54) is 0 Å². The summed E-state index contributed by atoms with van der Waals surface area (Å²) in [5, 5.41) is 12.3. The van der Waals surface area contributed by atoms with Crippen LogP contribution in [0.1, 0.15) is 18.4 Å². The maximum Gasteiger partial charge on any atom is 0.348 e. The highest BCUT2D eigenvalue weighted by Gasteiger charge is 2.22. The minimum absolute atomic E-state index is 0.189. The van der Waals surface area contributed by atoms with Gasteiger partial charge in [-0.2, -0.15) is 0 Å². The third kappa shape index (κ3) is 2.16. The molecular weight excluding hydrogens is 318 g/mol. The summed E-state index contributed by atoms with van der Waals surface area (Å²) < 4.78 is 11.5. The fourth-order valence-electron chi connectivity index (χ4n) is 3.85. The van der Waals surface area contributed by atoms with Crippen molar-refractivity contribution in [1.82, 2.24) is 4.90 Å². The number of hydrogen-bond donors (Lipinski definition) is 1. The number of phenolic OH excluding ortho intramolecular Hbond substituents is 1. The average Bonchev–Trinajstić information content (AvgIpc) is 3.25. The number of hydrogen-bond acceptors (Lipinski definition) is 5. The number of furan rings is 1. The van der Waals surface area contributed by atoms with Crippen molar-refractivity contribution < 1.29 is 13.9 Å². The number of aromatic hydroxyl groups is 1. The van der Waals surface area contributed by atoms with Gasteiger partial charge in [-0.05, 0) is 50.2 Å². The highest BCUT2D eigenvalue weighted by atomic mass is 16.4. The van der Waals surface area contributed by atoms with Crippen molar-refractivity contribution in [2.24, 2.45) is 0 Å². The fourth-order valence-corrected chi connectivity index (χ4v) is 3.85. The summed E-state index contributed by atoms with van der Waals surface area (Å²) in [7, 11) is 0. The van der Waals surface area contributed by atoms with E-state index in [-0.39, 0.29) is 5.75 Å². The molecule has 0 unspecified atom stereocenters. The van der Waals surface area contributed by atoms with Crippen molar-refractivity contribution in [2.45, 2.75) is 19.4 Å². The second-order valence-corrected chi connectivity index (χ2v) is 6.61. The summed E-state index contributed by atoms with van der Waals surface area (Å²) in [4.78, 5) is 14.9. The number of fused-ring (bicyclic) bond motifs is 5. The van der Waals surface area contributed by atoms with Gasteiger partial charge in [-0.15, -0.1) is 0 Å². The lowest BCUT2D eigenvalue weighted by atomic mass is 10.0. The molecule has 2 aromatic heterocycles. The predicted molar refractivity (Wildman–Crippen MR) is 95.9 cm³/mol. The van der Waals surface area contributed by atoms with Crippen molar-refractivity contribution in [3.8, 4) is 5.75 Å². The number of nitrogens with zero attached hydrogens (tertiary/aromatic N) is 1. The Morgan fingerprint density at radius 3 is 2.60 bits per heavy atom. The lowest BCUT2D eigenvalue weighted by Crippen LogP contribution is -2.18. The average molecular weight is 335 g/mol. The zero-order valence-corrected chi connectivity index (χ0v) is 13.6. The molecule has 1 N–H and O–H groups in total. The van der Waals surface area contributed by atoms with Gasteiger partial charge in [0.2, 0.25) is 0 Å². The van der Waals surface area contributed by atoms with Crippen LogP contribution in [-0.2, 0) is 6.54 Å². The van der Waals surface area contributed by atoms with Crippen LogP contribution in [0.3, 0.4) is 0 Å². The maximum atomic E-state index is 12.6. The lowest BCUT2D eigenvalue weighted by molar-refractivity contribution is 0.325. The number of para-hydroxylation sites is 1. The number of rotatable bonds is 2. The molecule has 0 atom stereocenters. The molecule has 1 fully saturated rings. The van der Waals surface area contributed by atoms with Gasteiger partial charge in [0.25, 0.3) is 0 Å². The predicted octanol–water partition coefficient (Wildman–Crippen LogP) is 3.99. The molecule has 25 heavy (non-hydrogen) atoms. The van der Waals surface area contributed by atoms with E-state index in [4.69, 9.17) is 8.83 Å². The summed E-state index contributed by atoms with van der Waals surface area (Å²) in [6.07, 6.45) is 2.32. The topological polar surface area (TPSA) is 66.8 Å². The van der Waals surface area contributed by atoms with Gasteiger partial charge in [-0.25, -0.2) is 4.79 Å². The summed E-state index contributed by atoms with van der Waals surface area (Å²) in [5.41, 5.74) is 1.94. The Kier molecular flexibility index (Phi) is 3.12. The molecule has 0 saturated carbocycles. The molecule has 1 saturated heterocycles. The molecule has 0 bridgehead atoms.